The highest BCUT2D eigenvalue weighted by Gasteiger charge is 2.46. The van der Waals surface area contributed by atoms with Crippen LogP contribution in [-0.2, 0) is 19.2 Å². The van der Waals surface area contributed by atoms with Gasteiger partial charge in [-0.25, -0.2) is 0 Å². The van der Waals surface area contributed by atoms with Crippen molar-refractivity contribution in [1.82, 2.24) is 0 Å². The van der Waals surface area contributed by atoms with E-state index in [-0.39, 0.29) is 12.8 Å². The molecule has 0 radical (unpaired) electrons. The molecule has 4 unspecified atom stereocenters. The molecule has 4 atom stereocenters. The lowest BCUT2D eigenvalue weighted by Gasteiger charge is -2.33. The summed E-state index contributed by atoms with van der Waals surface area (Å²) < 4.78 is 0. The molecule has 1 saturated carbocycles. The van der Waals surface area contributed by atoms with Crippen LogP contribution in [0.4, 0.5) is 0 Å². The van der Waals surface area contributed by atoms with Crippen LogP contribution in [-0.4, -0.2) is 39.5 Å². The minimum Gasteiger partial charge on any atom is -0.481 e. The van der Waals surface area contributed by atoms with Gasteiger partial charge < -0.3 is 20.1 Å². The summed E-state index contributed by atoms with van der Waals surface area (Å²) in [6.45, 7) is 0. The van der Waals surface area contributed by atoms with Crippen LogP contribution in [0, 0.1) is 23.7 Å². The first-order valence-electron chi connectivity index (χ1n) is 5.02. The standard InChI is InChI=1S/C10H12O7/c11-3-4-1-6(9(14)15)7(10(16)17)2-5(4)8(12)13/h3-7H,1-2H2,(H,12,13)(H,14,15)(H,16,17). The third-order valence-corrected chi connectivity index (χ3v) is 3.16. The van der Waals surface area contributed by atoms with Crippen LogP contribution in [0.15, 0.2) is 0 Å². The maximum absolute atomic E-state index is 10.9. The zero-order valence-corrected chi connectivity index (χ0v) is 8.78. The molecular weight excluding hydrogens is 232 g/mol. The summed E-state index contributed by atoms with van der Waals surface area (Å²) in [6, 6.07) is 0. The number of aliphatic carboxylic acids is 3. The smallest absolute Gasteiger partial charge is 0.307 e. The fraction of sp³-hybridized carbons (Fsp3) is 0.600. The van der Waals surface area contributed by atoms with Gasteiger partial charge in [0.15, 0.2) is 0 Å². The lowest BCUT2D eigenvalue weighted by molar-refractivity contribution is -0.162. The lowest BCUT2D eigenvalue weighted by Crippen LogP contribution is -2.42. The fourth-order valence-electron chi connectivity index (χ4n) is 2.21. The average molecular weight is 244 g/mol. The molecule has 1 fully saturated rings. The van der Waals surface area contributed by atoms with Gasteiger partial charge in [0.25, 0.3) is 0 Å². The first-order chi connectivity index (χ1) is 7.88. The van der Waals surface area contributed by atoms with Gasteiger partial charge >= 0.3 is 17.9 Å². The van der Waals surface area contributed by atoms with Gasteiger partial charge in [0, 0.05) is 5.92 Å². The number of carboxylic acids is 3. The quantitative estimate of drug-likeness (QED) is 0.579. The maximum atomic E-state index is 10.9. The molecule has 0 amide bonds. The molecule has 0 bridgehead atoms. The van der Waals surface area contributed by atoms with E-state index in [9.17, 15) is 19.2 Å². The van der Waals surface area contributed by atoms with E-state index in [1.54, 1.807) is 0 Å². The Hall–Kier alpha value is -1.92. The molecular formula is C10H12O7. The predicted octanol–water partition coefficient (Wildman–Crippen LogP) is -0.302. The molecule has 1 aliphatic carbocycles. The second kappa shape index (κ2) is 4.94. The molecule has 3 N–H and O–H groups in total. The number of aldehydes is 1. The van der Waals surface area contributed by atoms with E-state index < -0.39 is 41.6 Å². The van der Waals surface area contributed by atoms with E-state index in [0.717, 1.165) is 0 Å². The largest absolute Gasteiger partial charge is 0.481 e. The van der Waals surface area contributed by atoms with Crippen molar-refractivity contribution in [3.63, 3.8) is 0 Å². The number of rotatable bonds is 4. The van der Waals surface area contributed by atoms with Crippen molar-refractivity contribution < 1.29 is 34.5 Å². The highest BCUT2D eigenvalue weighted by molar-refractivity contribution is 5.83. The summed E-state index contributed by atoms with van der Waals surface area (Å²) >= 11 is 0. The molecule has 0 aromatic rings. The van der Waals surface area contributed by atoms with Crippen LogP contribution < -0.4 is 0 Å². The molecule has 7 heteroatoms. The molecule has 94 valence electrons. The summed E-state index contributed by atoms with van der Waals surface area (Å²) in [4.78, 5) is 43.4. The van der Waals surface area contributed by atoms with Gasteiger partial charge in [-0.05, 0) is 12.8 Å². The van der Waals surface area contributed by atoms with Crippen molar-refractivity contribution in [2.45, 2.75) is 12.8 Å². The third kappa shape index (κ3) is 2.61. The molecule has 1 aliphatic rings. The Bertz CT molecular complexity index is 362. The number of carbonyl (C=O) groups is 4. The van der Waals surface area contributed by atoms with Crippen molar-refractivity contribution in [2.24, 2.45) is 23.7 Å². The van der Waals surface area contributed by atoms with Crippen molar-refractivity contribution in [1.29, 1.82) is 0 Å². The van der Waals surface area contributed by atoms with E-state index in [2.05, 4.69) is 0 Å². The van der Waals surface area contributed by atoms with Crippen LogP contribution in [0.2, 0.25) is 0 Å². The van der Waals surface area contributed by atoms with Crippen LogP contribution in [0.25, 0.3) is 0 Å². The molecule has 0 heterocycles. The molecule has 17 heavy (non-hydrogen) atoms. The van der Waals surface area contributed by atoms with Gasteiger partial charge in [-0.2, -0.15) is 0 Å². The molecule has 0 aromatic carbocycles. The Kier molecular flexibility index (Phi) is 3.82. The van der Waals surface area contributed by atoms with E-state index >= 15 is 0 Å². The Morgan fingerprint density at radius 1 is 0.824 bits per heavy atom. The summed E-state index contributed by atoms with van der Waals surface area (Å²) in [6.07, 6.45) is -0.176. The van der Waals surface area contributed by atoms with Crippen LogP contribution in [0.3, 0.4) is 0 Å². The first-order valence-corrected chi connectivity index (χ1v) is 5.02. The second-order valence-electron chi connectivity index (χ2n) is 4.11. The molecule has 7 nitrogen and oxygen atoms in total. The molecule has 0 aliphatic heterocycles. The van der Waals surface area contributed by atoms with Gasteiger partial charge in [0.2, 0.25) is 0 Å². The molecule has 0 spiro atoms. The van der Waals surface area contributed by atoms with Gasteiger partial charge in [-0.15, -0.1) is 0 Å². The van der Waals surface area contributed by atoms with Gasteiger partial charge in [-0.1, -0.05) is 0 Å². The molecule has 1 rings (SSSR count). The Morgan fingerprint density at radius 2 is 1.24 bits per heavy atom. The topological polar surface area (TPSA) is 129 Å². The number of hydrogen-bond acceptors (Lipinski definition) is 4. The van der Waals surface area contributed by atoms with Crippen LogP contribution in [0.5, 0.6) is 0 Å². The molecule has 0 saturated heterocycles. The normalized spacial score (nSPS) is 32.7. The summed E-state index contributed by atoms with van der Waals surface area (Å²) in [5, 5.41) is 26.6. The third-order valence-electron chi connectivity index (χ3n) is 3.16. The minimum atomic E-state index is -1.34. The Labute approximate surface area is 96.0 Å². The van der Waals surface area contributed by atoms with Gasteiger partial charge in [0.1, 0.15) is 6.29 Å². The zero-order valence-electron chi connectivity index (χ0n) is 8.78. The highest BCUT2D eigenvalue weighted by Crippen LogP contribution is 2.37. The number of hydrogen-bond donors (Lipinski definition) is 3. The average Bonchev–Trinajstić information content (AvgIpc) is 2.26. The SMILES string of the molecule is O=CC1CC(C(=O)O)C(C(=O)O)CC1C(=O)O. The fourth-order valence-corrected chi connectivity index (χ4v) is 2.21. The predicted molar refractivity (Wildman–Crippen MR) is 52.2 cm³/mol. The van der Waals surface area contributed by atoms with E-state index in [0.29, 0.717) is 6.29 Å². The van der Waals surface area contributed by atoms with E-state index in [1.165, 1.54) is 0 Å². The zero-order chi connectivity index (χ0) is 13.2. The highest BCUT2D eigenvalue weighted by atomic mass is 16.4. The summed E-state index contributed by atoms with van der Waals surface area (Å²) in [5.74, 6) is -8.45. The van der Waals surface area contributed by atoms with Crippen molar-refractivity contribution in [3.8, 4) is 0 Å². The van der Waals surface area contributed by atoms with E-state index in [1.807, 2.05) is 0 Å². The molecule has 0 aromatic heterocycles. The van der Waals surface area contributed by atoms with Crippen LogP contribution >= 0.6 is 0 Å². The Balaban J connectivity index is 2.99. The lowest BCUT2D eigenvalue weighted by atomic mass is 9.68. The maximum Gasteiger partial charge on any atom is 0.307 e. The first kappa shape index (κ1) is 13.1. The van der Waals surface area contributed by atoms with Crippen LogP contribution in [0.1, 0.15) is 12.8 Å². The van der Waals surface area contributed by atoms with Crippen molar-refractivity contribution in [3.05, 3.63) is 0 Å². The Morgan fingerprint density at radius 3 is 1.59 bits per heavy atom. The number of carbonyl (C=O) groups excluding carboxylic acids is 1. The summed E-state index contributed by atoms with van der Waals surface area (Å²) in [7, 11) is 0. The van der Waals surface area contributed by atoms with Crippen molar-refractivity contribution in [2.75, 3.05) is 0 Å². The monoisotopic (exact) mass is 244 g/mol. The minimum absolute atomic E-state index is 0.243. The van der Waals surface area contributed by atoms with Gasteiger partial charge in [-0.3, -0.25) is 14.4 Å². The van der Waals surface area contributed by atoms with Gasteiger partial charge in [0.05, 0.1) is 17.8 Å². The van der Waals surface area contributed by atoms with Crippen molar-refractivity contribution >= 4 is 24.2 Å². The number of carboxylic acid groups (broad SMARTS) is 3. The van der Waals surface area contributed by atoms with E-state index in [4.69, 9.17) is 15.3 Å². The second-order valence-corrected chi connectivity index (χ2v) is 4.11. The summed E-state index contributed by atoms with van der Waals surface area (Å²) in [5.41, 5.74) is 0.